The van der Waals surface area contributed by atoms with E-state index in [0.29, 0.717) is 5.92 Å². The predicted molar refractivity (Wildman–Crippen MR) is 95.4 cm³/mol. The van der Waals surface area contributed by atoms with Crippen LogP contribution in [0.4, 0.5) is 5.69 Å². The van der Waals surface area contributed by atoms with E-state index in [2.05, 4.69) is 81.1 Å². The Balaban J connectivity index is 2.12. The summed E-state index contributed by atoms with van der Waals surface area (Å²) < 4.78 is 0. The highest BCUT2D eigenvalue weighted by molar-refractivity contribution is 5.57. The van der Waals surface area contributed by atoms with Crippen molar-refractivity contribution < 1.29 is 0 Å². The molecular weight excluding hydrogens is 266 g/mol. The van der Waals surface area contributed by atoms with Gasteiger partial charge in [-0.25, -0.2) is 0 Å². The van der Waals surface area contributed by atoms with Gasteiger partial charge in [-0.2, -0.15) is 0 Å². The fourth-order valence-corrected chi connectivity index (χ4v) is 3.29. The lowest BCUT2D eigenvalue weighted by Gasteiger charge is -2.45. The number of hydrogen-bond acceptors (Lipinski definition) is 1. The average molecular weight is 293 g/mol. The molecule has 0 saturated heterocycles. The Kier molecular flexibility index (Phi) is 3.99. The molecule has 0 aliphatic carbocycles. The summed E-state index contributed by atoms with van der Waals surface area (Å²) in [5.74, 6) is 0.590. The lowest BCUT2D eigenvalue weighted by Crippen LogP contribution is -2.48. The minimum Gasteiger partial charge on any atom is -0.362 e. The molecule has 0 radical (unpaired) electrons. The van der Waals surface area contributed by atoms with Gasteiger partial charge in [0.1, 0.15) is 0 Å². The molecule has 0 unspecified atom stereocenters. The molecule has 22 heavy (non-hydrogen) atoms. The van der Waals surface area contributed by atoms with Crippen molar-refractivity contribution in [1.29, 1.82) is 0 Å². The van der Waals surface area contributed by atoms with Gasteiger partial charge < -0.3 is 4.90 Å². The highest BCUT2D eigenvalue weighted by Gasteiger charge is 2.32. The van der Waals surface area contributed by atoms with E-state index in [1.54, 1.807) is 0 Å². The van der Waals surface area contributed by atoms with Crippen LogP contribution < -0.4 is 4.90 Å². The quantitative estimate of drug-likeness (QED) is 0.733. The molecular formula is C21H27N. The molecule has 0 spiro atoms. The maximum atomic E-state index is 2.62. The molecule has 0 saturated carbocycles. The zero-order chi connectivity index (χ0) is 15.7. The summed E-state index contributed by atoms with van der Waals surface area (Å²) in [7, 11) is 0. The maximum absolute atomic E-state index is 2.62. The van der Waals surface area contributed by atoms with Crippen molar-refractivity contribution in [2.24, 2.45) is 5.92 Å². The fraction of sp³-hybridized carbons (Fsp3) is 0.429. The summed E-state index contributed by atoms with van der Waals surface area (Å²) in [5, 5.41) is 0. The number of fused-ring (bicyclic) bond motifs is 2. The molecule has 1 aliphatic rings. The van der Waals surface area contributed by atoms with Gasteiger partial charge in [-0.05, 0) is 55.4 Å². The molecule has 1 heteroatoms. The van der Waals surface area contributed by atoms with Crippen molar-refractivity contribution in [3.63, 3.8) is 0 Å². The van der Waals surface area contributed by atoms with Crippen LogP contribution in [0.1, 0.15) is 44.4 Å². The third-order valence-corrected chi connectivity index (χ3v) is 5.50. The van der Waals surface area contributed by atoms with E-state index < -0.39 is 0 Å². The summed E-state index contributed by atoms with van der Waals surface area (Å²) in [6.07, 6.45) is 2.26. The summed E-state index contributed by atoms with van der Waals surface area (Å²) in [6, 6.07) is 17.9. The predicted octanol–water partition coefficient (Wildman–Crippen LogP) is 5.23. The number of aryl methyl sites for hydroxylation is 2. The number of para-hydroxylation sites is 1. The van der Waals surface area contributed by atoms with Gasteiger partial charge >= 0.3 is 0 Å². The van der Waals surface area contributed by atoms with Gasteiger partial charge in [0.15, 0.2) is 0 Å². The Labute approximate surface area is 135 Å². The molecule has 0 bridgehead atoms. The Hall–Kier alpha value is -1.76. The molecule has 1 heterocycles. The van der Waals surface area contributed by atoms with Crippen molar-refractivity contribution in [1.82, 2.24) is 0 Å². The second-order valence-corrected chi connectivity index (χ2v) is 7.29. The van der Waals surface area contributed by atoms with Crippen LogP contribution in [0.5, 0.6) is 0 Å². The second kappa shape index (κ2) is 5.79. The monoisotopic (exact) mass is 293 g/mol. The molecule has 1 nitrogen and oxygen atoms in total. The van der Waals surface area contributed by atoms with Gasteiger partial charge in [0, 0.05) is 17.8 Å². The number of benzene rings is 2. The molecule has 0 amide bonds. The Morgan fingerprint density at radius 1 is 0.818 bits per heavy atom. The van der Waals surface area contributed by atoms with E-state index in [1.807, 2.05) is 0 Å². The minimum absolute atomic E-state index is 0.126. The van der Waals surface area contributed by atoms with Crippen LogP contribution >= 0.6 is 0 Å². The fourth-order valence-electron chi connectivity index (χ4n) is 3.29. The van der Waals surface area contributed by atoms with Crippen LogP contribution in [0.2, 0.25) is 0 Å². The van der Waals surface area contributed by atoms with Crippen LogP contribution in [0.3, 0.4) is 0 Å². The van der Waals surface area contributed by atoms with E-state index in [0.717, 1.165) is 19.4 Å². The molecule has 3 rings (SSSR count). The summed E-state index contributed by atoms with van der Waals surface area (Å²) in [4.78, 5) is 2.62. The molecule has 0 aromatic heterocycles. The molecule has 0 atom stereocenters. The van der Waals surface area contributed by atoms with Gasteiger partial charge in [0.05, 0.1) is 0 Å². The lowest BCUT2D eigenvalue weighted by atomic mass is 9.85. The first-order valence-electron chi connectivity index (χ1n) is 8.42. The van der Waals surface area contributed by atoms with Crippen molar-refractivity contribution in [3.8, 4) is 0 Å². The van der Waals surface area contributed by atoms with Gasteiger partial charge in [-0.1, -0.05) is 56.3 Å². The van der Waals surface area contributed by atoms with Crippen molar-refractivity contribution in [2.75, 3.05) is 4.90 Å². The van der Waals surface area contributed by atoms with E-state index in [9.17, 15) is 0 Å². The Morgan fingerprint density at radius 2 is 1.36 bits per heavy atom. The smallest absolute Gasteiger partial charge is 0.0437 e. The van der Waals surface area contributed by atoms with E-state index in [-0.39, 0.29) is 5.54 Å². The SMILES string of the molecule is CC(C)C(C)(C)N1Cc2ccccc2CCc2ccccc21. The number of hydrogen-bond donors (Lipinski definition) is 0. The zero-order valence-corrected chi connectivity index (χ0v) is 14.3. The van der Waals surface area contributed by atoms with Crippen LogP contribution in [0.15, 0.2) is 48.5 Å². The van der Waals surface area contributed by atoms with Crippen molar-refractivity contribution in [3.05, 3.63) is 65.2 Å². The number of anilines is 1. The van der Waals surface area contributed by atoms with E-state index in [1.165, 1.54) is 22.4 Å². The molecule has 2 aromatic carbocycles. The number of nitrogens with zero attached hydrogens (tertiary/aromatic N) is 1. The lowest BCUT2D eigenvalue weighted by molar-refractivity contribution is 0.336. The summed E-state index contributed by atoms with van der Waals surface area (Å²) >= 11 is 0. The summed E-state index contributed by atoms with van der Waals surface area (Å²) in [5.41, 5.74) is 5.99. The molecule has 0 fully saturated rings. The number of rotatable bonds is 2. The first kappa shape index (κ1) is 15.1. The highest BCUT2D eigenvalue weighted by atomic mass is 15.2. The van der Waals surface area contributed by atoms with Gasteiger partial charge in [-0.15, -0.1) is 0 Å². The Morgan fingerprint density at radius 3 is 2.05 bits per heavy atom. The van der Waals surface area contributed by atoms with Crippen LogP contribution in [-0.4, -0.2) is 5.54 Å². The standard InChI is InChI=1S/C21H27N/c1-16(2)21(3,4)22-15-19-11-6-5-9-17(19)13-14-18-10-7-8-12-20(18)22/h5-12,16H,13-15H2,1-4H3. The zero-order valence-electron chi connectivity index (χ0n) is 14.3. The topological polar surface area (TPSA) is 3.24 Å². The van der Waals surface area contributed by atoms with Crippen LogP contribution in [0.25, 0.3) is 0 Å². The maximum Gasteiger partial charge on any atom is 0.0437 e. The minimum atomic E-state index is 0.126. The summed E-state index contributed by atoms with van der Waals surface area (Å²) in [6.45, 7) is 10.4. The molecule has 2 aromatic rings. The van der Waals surface area contributed by atoms with E-state index >= 15 is 0 Å². The molecule has 1 aliphatic heterocycles. The second-order valence-electron chi connectivity index (χ2n) is 7.29. The van der Waals surface area contributed by atoms with Crippen molar-refractivity contribution in [2.45, 2.75) is 52.6 Å². The third kappa shape index (κ3) is 2.65. The largest absolute Gasteiger partial charge is 0.362 e. The van der Waals surface area contributed by atoms with Crippen LogP contribution in [-0.2, 0) is 19.4 Å². The van der Waals surface area contributed by atoms with Crippen LogP contribution in [0, 0.1) is 5.92 Å². The van der Waals surface area contributed by atoms with Gasteiger partial charge in [0.25, 0.3) is 0 Å². The molecule has 0 N–H and O–H groups in total. The Bertz CT molecular complexity index is 654. The normalized spacial score (nSPS) is 15.0. The van der Waals surface area contributed by atoms with Gasteiger partial charge in [-0.3, -0.25) is 0 Å². The van der Waals surface area contributed by atoms with Crippen molar-refractivity contribution >= 4 is 5.69 Å². The average Bonchev–Trinajstić information content (AvgIpc) is 2.49. The third-order valence-electron chi connectivity index (χ3n) is 5.50. The first-order valence-corrected chi connectivity index (χ1v) is 8.42. The van der Waals surface area contributed by atoms with E-state index in [4.69, 9.17) is 0 Å². The molecule has 116 valence electrons. The highest BCUT2D eigenvalue weighted by Crippen LogP contribution is 2.36. The van der Waals surface area contributed by atoms with Gasteiger partial charge in [0.2, 0.25) is 0 Å². The first-order chi connectivity index (χ1) is 10.5.